The molecule has 80 valence electrons. The van der Waals surface area contributed by atoms with Gasteiger partial charge < -0.3 is 10.1 Å². The highest BCUT2D eigenvalue weighted by atomic mass is 16.5. The Bertz CT molecular complexity index is 337. The topological polar surface area (TPSA) is 38.3 Å². The van der Waals surface area contributed by atoms with Gasteiger partial charge in [0.05, 0.1) is 12.5 Å². The molecule has 1 aromatic rings. The molecule has 2 rings (SSSR count). The second-order valence-electron chi connectivity index (χ2n) is 3.87. The molecule has 0 bridgehead atoms. The van der Waals surface area contributed by atoms with Gasteiger partial charge in [-0.1, -0.05) is 30.3 Å². The first-order valence-corrected chi connectivity index (χ1v) is 5.22. The lowest BCUT2D eigenvalue weighted by Crippen LogP contribution is -2.34. The van der Waals surface area contributed by atoms with Crippen molar-refractivity contribution in [1.82, 2.24) is 5.32 Å². The molecule has 0 spiro atoms. The number of nitrogens with one attached hydrogen (secondary N) is 1. The summed E-state index contributed by atoms with van der Waals surface area (Å²) in [5.74, 6) is -0.104. The van der Waals surface area contributed by atoms with Crippen LogP contribution < -0.4 is 5.32 Å². The second-order valence-corrected chi connectivity index (χ2v) is 3.87. The minimum Gasteiger partial charge on any atom is -0.461 e. The van der Waals surface area contributed by atoms with Crippen LogP contribution in [0.15, 0.2) is 30.3 Å². The van der Waals surface area contributed by atoms with Crippen LogP contribution in [0.4, 0.5) is 0 Å². The van der Waals surface area contributed by atoms with E-state index in [4.69, 9.17) is 4.74 Å². The summed E-state index contributed by atoms with van der Waals surface area (Å²) in [5, 5.41) is 3.33. The average Bonchev–Trinajstić information content (AvgIpc) is 2.56. The van der Waals surface area contributed by atoms with E-state index in [1.807, 2.05) is 25.1 Å². The third-order valence-electron chi connectivity index (χ3n) is 2.68. The van der Waals surface area contributed by atoms with Crippen molar-refractivity contribution in [1.29, 1.82) is 0 Å². The van der Waals surface area contributed by atoms with Crippen molar-refractivity contribution in [2.45, 2.75) is 32.0 Å². The predicted octanol–water partition coefficient (Wildman–Crippen LogP) is 1.48. The Morgan fingerprint density at radius 3 is 2.73 bits per heavy atom. The van der Waals surface area contributed by atoms with Crippen molar-refractivity contribution in [3.05, 3.63) is 35.9 Å². The first-order chi connectivity index (χ1) is 7.25. The Balaban J connectivity index is 1.86. The number of hydrogen-bond donors (Lipinski definition) is 1. The summed E-state index contributed by atoms with van der Waals surface area (Å²) in [5.41, 5.74) is 1.23. The average molecular weight is 205 g/mol. The third kappa shape index (κ3) is 2.57. The van der Waals surface area contributed by atoms with Crippen LogP contribution in [0.2, 0.25) is 0 Å². The highest BCUT2D eigenvalue weighted by Gasteiger charge is 2.30. The zero-order valence-electron chi connectivity index (χ0n) is 8.77. The number of carbonyl (C=O) groups is 1. The first kappa shape index (κ1) is 10.2. The van der Waals surface area contributed by atoms with Gasteiger partial charge in [-0.3, -0.25) is 4.79 Å². The third-order valence-corrected chi connectivity index (χ3v) is 2.68. The van der Waals surface area contributed by atoms with E-state index in [1.165, 1.54) is 5.56 Å². The van der Waals surface area contributed by atoms with Gasteiger partial charge in [-0.25, -0.2) is 0 Å². The number of carbonyl (C=O) groups excluding carboxylic acids is 1. The fourth-order valence-corrected chi connectivity index (χ4v) is 1.77. The van der Waals surface area contributed by atoms with E-state index in [0.717, 1.165) is 6.54 Å². The van der Waals surface area contributed by atoms with Gasteiger partial charge in [-0.05, 0) is 12.5 Å². The van der Waals surface area contributed by atoms with E-state index < -0.39 is 0 Å². The summed E-state index contributed by atoms with van der Waals surface area (Å²) in [4.78, 5) is 11.0. The first-order valence-electron chi connectivity index (χ1n) is 5.22. The molecule has 15 heavy (non-hydrogen) atoms. The maximum atomic E-state index is 11.0. The highest BCUT2D eigenvalue weighted by Crippen LogP contribution is 2.14. The smallest absolute Gasteiger partial charge is 0.307 e. The summed E-state index contributed by atoms with van der Waals surface area (Å²) < 4.78 is 5.06. The second kappa shape index (κ2) is 4.45. The molecule has 0 aromatic heterocycles. The Morgan fingerprint density at radius 2 is 2.13 bits per heavy atom. The largest absolute Gasteiger partial charge is 0.461 e. The molecule has 1 heterocycles. The molecule has 1 N–H and O–H groups in total. The minimum atomic E-state index is -0.104. The fourth-order valence-electron chi connectivity index (χ4n) is 1.77. The van der Waals surface area contributed by atoms with Crippen LogP contribution in [0.3, 0.4) is 0 Å². The molecule has 1 aromatic carbocycles. The molecule has 3 heteroatoms. The van der Waals surface area contributed by atoms with Crippen molar-refractivity contribution in [3.63, 3.8) is 0 Å². The molecule has 2 atom stereocenters. The van der Waals surface area contributed by atoms with Crippen molar-refractivity contribution < 1.29 is 9.53 Å². The summed E-state index contributed by atoms with van der Waals surface area (Å²) in [6, 6.07) is 10.3. The molecule has 0 saturated carbocycles. The maximum absolute atomic E-state index is 11.0. The van der Waals surface area contributed by atoms with Crippen molar-refractivity contribution in [3.8, 4) is 0 Å². The quantitative estimate of drug-likeness (QED) is 0.760. The van der Waals surface area contributed by atoms with Crippen LogP contribution in [0.1, 0.15) is 18.9 Å². The van der Waals surface area contributed by atoms with Crippen molar-refractivity contribution in [2.75, 3.05) is 0 Å². The summed E-state index contributed by atoms with van der Waals surface area (Å²) >= 11 is 0. The Labute approximate surface area is 89.4 Å². The van der Waals surface area contributed by atoms with E-state index in [1.54, 1.807) is 0 Å². The standard InChI is InChI=1S/C12H15NO2/c1-9-11(7-12(14)15-9)13-8-10-5-3-2-4-6-10/h2-6,9,11,13H,7-8H2,1H3/t9-,11-/m0/s1. The molecular weight excluding hydrogens is 190 g/mol. The monoisotopic (exact) mass is 205 g/mol. The molecule has 0 amide bonds. The molecule has 0 radical (unpaired) electrons. The van der Waals surface area contributed by atoms with Crippen molar-refractivity contribution in [2.24, 2.45) is 0 Å². The number of hydrogen-bond acceptors (Lipinski definition) is 3. The number of esters is 1. The van der Waals surface area contributed by atoms with Gasteiger partial charge in [0.1, 0.15) is 6.10 Å². The molecule has 3 nitrogen and oxygen atoms in total. The number of ether oxygens (including phenoxy) is 1. The molecule has 1 aliphatic heterocycles. The minimum absolute atomic E-state index is 0.0128. The van der Waals surface area contributed by atoms with E-state index >= 15 is 0 Å². The van der Waals surface area contributed by atoms with Gasteiger partial charge in [-0.15, -0.1) is 0 Å². The SMILES string of the molecule is C[C@@H]1OC(=O)C[C@@H]1NCc1ccccc1. The highest BCUT2D eigenvalue weighted by molar-refractivity contribution is 5.72. The van der Waals surface area contributed by atoms with E-state index in [-0.39, 0.29) is 18.1 Å². The molecule has 0 unspecified atom stereocenters. The van der Waals surface area contributed by atoms with Gasteiger partial charge in [0, 0.05) is 6.54 Å². The maximum Gasteiger partial charge on any atom is 0.307 e. The zero-order valence-corrected chi connectivity index (χ0v) is 8.77. The summed E-state index contributed by atoms with van der Waals surface area (Å²) in [6.07, 6.45) is 0.467. The molecule has 1 aliphatic rings. The van der Waals surface area contributed by atoms with Crippen LogP contribution in [0.5, 0.6) is 0 Å². The van der Waals surface area contributed by atoms with E-state index in [9.17, 15) is 4.79 Å². The van der Waals surface area contributed by atoms with E-state index in [0.29, 0.717) is 6.42 Å². The van der Waals surface area contributed by atoms with Gasteiger partial charge in [0.2, 0.25) is 0 Å². The Hall–Kier alpha value is -1.35. The van der Waals surface area contributed by atoms with Crippen LogP contribution in [0, 0.1) is 0 Å². The Kier molecular flexibility index (Phi) is 3.02. The lowest BCUT2D eigenvalue weighted by atomic mass is 10.1. The Morgan fingerprint density at radius 1 is 1.40 bits per heavy atom. The molecule has 1 saturated heterocycles. The van der Waals surface area contributed by atoms with Gasteiger partial charge >= 0.3 is 5.97 Å². The molecule has 1 fully saturated rings. The van der Waals surface area contributed by atoms with Crippen LogP contribution in [-0.4, -0.2) is 18.1 Å². The number of rotatable bonds is 3. The fraction of sp³-hybridized carbons (Fsp3) is 0.417. The number of cyclic esters (lactones) is 1. The van der Waals surface area contributed by atoms with Gasteiger partial charge in [-0.2, -0.15) is 0 Å². The van der Waals surface area contributed by atoms with E-state index in [2.05, 4.69) is 17.4 Å². The van der Waals surface area contributed by atoms with Crippen molar-refractivity contribution >= 4 is 5.97 Å². The van der Waals surface area contributed by atoms with Crippen LogP contribution in [0.25, 0.3) is 0 Å². The molecule has 0 aliphatic carbocycles. The summed E-state index contributed by atoms with van der Waals surface area (Å²) in [7, 11) is 0. The summed E-state index contributed by atoms with van der Waals surface area (Å²) in [6.45, 7) is 2.71. The lowest BCUT2D eigenvalue weighted by molar-refractivity contribution is -0.140. The van der Waals surface area contributed by atoms with Crippen LogP contribution >= 0.6 is 0 Å². The predicted molar refractivity (Wildman–Crippen MR) is 57.2 cm³/mol. The van der Waals surface area contributed by atoms with Crippen LogP contribution in [-0.2, 0) is 16.1 Å². The van der Waals surface area contributed by atoms with Gasteiger partial charge in [0.15, 0.2) is 0 Å². The zero-order chi connectivity index (χ0) is 10.7. The lowest BCUT2D eigenvalue weighted by Gasteiger charge is -2.14. The molecular formula is C12H15NO2. The number of benzene rings is 1. The van der Waals surface area contributed by atoms with Gasteiger partial charge in [0.25, 0.3) is 0 Å². The normalized spacial score (nSPS) is 25.3.